The highest BCUT2D eigenvalue weighted by molar-refractivity contribution is 6.03. The number of hydrogen-bond acceptors (Lipinski definition) is 4. The Hall–Kier alpha value is -3.32. The van der Waals surface area contributed by atoms with E-state index in [1.165, 1.54) is 0 Å². The van der Waals surface area contributed by atoms with Crippen LogP contribution in [-0.4, -0.2) is 29.6 Å². The molecule has 0 bridgehead atoms. The van der Waals surface area contributed by atoms with Gasteiger partial charge in [0.25, 0.3) is 0 Å². The van der Waals surface area contributed by atoms with Crippen molar-refractivity contribution in [2.24, 2.45) is 0 Å². The minimum atomic E-state index is -0.145. The minimum absolute atomic E-state index is 0.145. The summed E-state index contributed by atoms with van der Waals surface area (Å²) >= 11 is 0. The summed E-state index contributed by atoms with van der Waals surface area (Å²) < 4.78 is 7.74. The molecule has 118 valence electrons. The maximum atomic E-state index is 9.26. The van der Waals surface area contributed by atoms with Crippen LogP contribution in [0.3, 0.4) is 0 Å². The molecule has 0 radical (unpaired) electrons. The van der Waals surface area contributed by atoms with Crippen LogP contribution in [0.2, 0.25) is 0 Å². The lowest BCUT2D eigenvalue weighted by atomic mass is 10.3. The third-order valence-corrected chi connectivity index (χ3v) is 4.08. The molecule has 0 spiro atoms. The number of nitrogens with one attached hydrogen (secondary N) is 2. The summed E-state index contributed by atoms with van der Waals surface area (Å²) in [6.07, 6.45) is 7.37. The lowest BCUT2D eigenvalue weighted by Crippen LogP contribution is -1.95. The second-order valence-electron chi connectivity index (χ2n) is 5.50. The predicted octanol–water partition coefficient (Wildman–Crippen LogP) is 2.98. The van der Waals surface area contributed by atoms with Gasteiger partial charge in [-0.25, -0.2) is 9.97 Å². The number of aromatic amines is 2. The fourth-order valence-electron chi connectivity index (χ4n) is 3.02. The zero-order chi connectivity index (χ0) is 16.1. The molecule has 0 fully saturated rings. The van der Waals surface area contributed by atoms with Crippen LogP contribution in [0, 0.1) is 0 Å². The van der Waals surface area contributed by atoms with Gasteiger partial charge in [0, 0.05) is 24.0 Å². The number of nitrogens with zero attached hydrogens (tertiary/aromatic N) is 3. The van der Waals surface area contributed by atoms with Crippen LogP contribution >= 0.6 is 0 Å². The highest BCUT2D eigenvalue weighted by Gasteiger charge is 2.20. The second-order valence-corrected chi connectivity index (χ2v) is 5.50. The molecular formula is C17H13N5O2. The molecule has 0 unspecified atom stereocenters. The first-order chi connectivity index (χ1) is 11.8. The zero-order valence-corrected chi connectivity index (χ0v) is 12.5. The third kappa shape index (κ3) is 1.76. The molecule has 5 aromatic heterocycles. The number of rotatable bonds is 3. The van der Waals surface area contributed by atoms with E-state index in [1.807, 2.05) is 41.4 Å². The number of imidazole rings is 1. The summed E-state index contributed by atoms with van der Waals surface area (Å²) in [6, 6.07) is 7.53. The van der Waals surface area contributed by atoms with Gasteiger partial charge in [-0.15, -0.1) is 0 Å². The first-order valence-corrected chi connectivity index (χ1v) is 7.53. The molecule has 7 nitrogen and oxygen atoms in total. The van der Waals surface area contributed by atoms with Crippen LogP contribution in [-0.2, 0) is 6.61 Å². The van der Waals surface area contributed by atoms with E-state index < -0.39 is 0 Å². The molecule has 3 N–H and O–H groups in total. The van der Waals surface area contributed by atoms with Gasteiger partial charge in [0.05, 0.1) is 17.4 Å². The van der Waals surface area contributed by atoms with Crippen LogP contribution in [0.25, 0.3) is 39.3 Å². The van der Waals surface area contributed by atoms with Crippen molar-refractivity contribution in [3.63, 3.8) is 0 Å². The maximum Gasteiger partial charge on any atom is 0.182 e. The molecule has 0 amide bonds. The first kappa shape index (κ1) is 13.1. The molecule has 24 heavy (non-hydrogen) atoms. The lowest BCUT2D eigenvalue weighted by molar-refractivity contribution is 0.248. The Morgan fingerprint density at radius 2 is 2.12 bits per heavy atom. The van der Waals surface area contributed by atoms with E-state index in [0.717, 1.165) is 27.8 Å². The van der Waals surface area contributed by atoms with Crippen molar-refractivity contribution >= 4 is 22.1 Å². The van der Waals surface area contributed by atoms with Crippen molar-refractivity contribution in [1.29, 1.82) is 0 Å². The van der Waals surface area contributed by atoms with E-state index in [2.05, 4.69) is 15.0 Å². The average Bonchev–Trinajstić information content (AvgIpc) is 3.38. The molecular weight excluding hydrogens is 306 g/mol. The number of furan rings is 1. The molecule has 0 aliphatic heterocycles. The van der Waals surface area contributed by atoms with Gasteiger partial charge in [0.1, 0.15) is 23.5 Å². The van der Waals surface area contributed by atoms with Crippen molar-refractivity contribution in [3.8, 4) is 17.3 Å². The Kier molecular flexibility index (Phi) is 2.65. The first-order valence-electron chi connectivity index (χ1n) is 7.53. The highest BCUT2D eigenvalue weighted by atomic mass is 16.4. The Morgan fingerprint density at radius 3 is 2.92 bits per heavy atom. The topological polar surface area (TPSA) is 95.7 Å². The molecule has 0 saturated heterocycles. The molecule has 0 aliphatic carbocycles. The van der Waals surface area contributed by atoms with Gasteiger partial charge in [-0.05, 0) is 24.3 Å². The molecule has 0 aromatic carbocycles. The molecule has 5 rings (SSSR count). The number of pyridine rings is 1. The molecule has 5 aromatic rings. The van der Waals surface area contributed by atoms with E-state index in [1.54, 1.807) is 12.3 Å². The third-order valence-electron chi connectivity index (χ3n) is 4.08. The fraction of sp³-hybridized carbons (Fsp3) is 0.0588. The van der Waals surface area contributed by atoms with Gasteiger partial charge >= 0.3 is 0 Å². The quantitative estimate of drug-likeness (QED) is 0.476. The van der Waals surface area contributed by atoms with Crippen LogP contribution in [0.15, 0.2) is 53.5 Å². The van der Waals surface area contributed by atoms with Crippen molar-refractivity contribution in [1.82, 2.24) is 24.5 Å². The van der Waals surface area contributed by atoms with Crippen molar-refractivity contribution in [3.05, 3.63) is 54.8 Å². The average molecular weight is 319 g/mol. The minimum Gasteiger partial charge on any atom is -0.455 e. The molecule has 0 aliphatic rings. The number of aromatic nitrogens is 5. The SMILES string of the molecule is OCc1ccc(-c2nc3cnc4[nH]ccc4c3n2-c2cc[nH]c2)o1. The Bertz CT molecular complexity index is 1150. The maximum absolute atomic E-state index is 9.26. The number of aliphatic hydroxyl groups excluding tert-OH is 1. The highest BCUT2D eigenvalue weighted by Crippen LogP contribution is 2.32. The van der Waals surface area contributed by atoms with Gasteiger partial charge < -0.3 is 19.5 Å². The van der Waals surface area contributed by atoms with E-state index in [9.17, 15) is 5.11 Å². The van der Waals surface area contributed by atoms with Crippen molar-refractivity contribution < 1.29 is 9.52 Å². The summed E-state index contributed by atoms with van der Waals surface area (Å²) in [4.78, 5) is 15.3. The summed E-state index contributed by atoms with van der Waals surface area (Å²) in [6.45, 7) is -0.145. The lowest BCUT2D eigenvalue weighted by Gasteiger charge is -2.05. The molecule has 0 saturated carbocycles. The molecule has 7 heteroatoms. The van der Waals surface area contributed by atoms with Crippen LogP contribution < -0.4 is 0 Å². The van der Waals surface area contributed by atoms with Crippen molar-refractivity contribution in [2.45, 2.75) is 6.61 Å². The van der Waals surface area contributed by atoms with Crippen LogP contribution in [0.1, 0.15) is 5.76 Å². The van der Waals surface area contributed by atoms with E-state index in [0.29, 0.717) is 17.3 Å². The standard InChI is InChI=1S/C17H13N5O2/c23-9-11-1-2-14(24-11)17-21-13-8-20-16-12(4-6-19-16)15(13)22(17)10-3-5-18-7-10/h1-8,18,23H,9H2,(H,19,20). The molecule has 0 atom stereocenters. The van der Waals surface area contributed by atoms with Gasteiger partial charge in [-0.1, -0.05) is 0 Å². The van der Waals surface area contributed by atoms with Crippen LogP contribution in [0.5, 0.6) is 0 Å². The van der Waals surface area contributed by atoms with Gasteiger partial charge in [-0.3, -0.25) is 4.57 Å². The Balaban J connectivity index is 1.91. The number of aliphatic hydroxyl groups is 1. The van der Waals surface area contributed by atoms with Gasteiger partial charge in [0.15, 0.2) is 11.6 Å². The van der Waals surface area contributed by atoms with E-state index in [4.69, 9.17) is 9.40 Å². The van der Waals surface area contributed by atoms with Crippen molar-refractivity contribution in [2.75, 3.05) is 0 Å². The predicted molar refractivity (Wildman–Crippen MR) is 88.7 cm³/mol. The Labute approximate surface area is 135 Å². The summed E-state index contributed by atoms with van der Waals surface area (Å²) in [5.41, 5.74) is 3.49. The fourth-order valence-corrected chi connectivity index (χ4v) is 3.02. The summed E-state index contributed by atoms with van der Waals surface area (Å²) in [7, 11) is 0. The van der Waals surface area contributed by atoms with Gasteiger partial charge in [-0.2, -0.15) is 0 Å². The normalized spacial score (nSPS) is 11.7. The monoisotopic (exact) mass is 319 g/mol. The molecule has 5 heterocycles. The Morgan fingerprint density at radius 1 is 1.17 bits per heavy atom. The second kappa shape index (κ2) is 4.84. The smallest absolute Gasteiger partial charge is 0.182 e. The number of fused-ring (bicyclic) bond motifs is 3. The van der Waals surface area contributed by atoms with Gasteiger partial charge in [0.2, 0.25) is 0 Å². The number of H-pyrrole nitrogens is 2. The number of hydrogen-bond donors (Lipinski definition) is 3. The summed E-state index contributed by atoms with van der Waals surface area (Å²) in [5, 5.41) is 10.3. The zero-order valence-electron chi connectivity index (χ0n) is 12.5. The van der Waals surface area contributed by atoms with Crippen LogP contribution in [0.4, 0.5) is 0 Å². The van der Waals surface area contributed by atoms with E-state index in [-0.39, 0.29) is 6.61 Å². The summed E-state index contributed by atoms with van der Waals surface area (Å²) in [5.74, 6) is 1.77. The largest absolute Gasteiger partial charge is 0.455 e. The van der Waals surface area contributed by atoms with E-state index >= 15 is 0 Å².